The Balaban J connectivity index is 4.94. The Morgan fingerprint density at radius 1 is 0.889 bits per heavy atom. The average Bonchev–Trinajstić information content (AvgIpc) is 2.56. The summed E-state index contributed by atoms with van der Waals surface area (Å²) in [4.78, 5) is 68.4. The van der Waals surface area contributed by atoms with Crippen molar-refractivity contribution in [3.05, 3.63) is 0 Å². The van der Waals surface area contributed by atoms with Crippen molar-refractivity contribution in [1.82, 2.24) is 16.0 Å². The SMILES string of the molecule is CC(NC(=O)C(CCC(N)=O)NC(=O)CN)C(=O)NC(CC(N)=O)C(=O)O. The molecule has 0 aliphatic rings. The number of amides is 5. The summed E-state index contributed by atoms with van der Waals surface area (Å²) >= 11 is 0. The molecule has 13 nitrogen and oxygen atoms in total. The van der Waals surface area contributed by atoms with E-state index < -0.39 is 66.6 Å². The van der Waals surface area contributed by atoms with E-state index in [9.17, 15) is 28.8 Å². The molecule has 3 atom stereocenters. The van der Waals surface area contributed by atoms with E-state index in [1.807, 2.05) is 0 Å². The lowest BCUT2D eigenvalue weighted by molar-refractivity contribution is -0.143. The maximum absolute atomic E-state index is 12.2. The van der Waals surface area contributed by atoms with Crippen molar-refractivity contribution in [3.8, 4) is 0 Å². The largest absolute Gasteiger partial charge is 0.480 e. The Labute approximate surface area is 154 Å². The van der Waals surface area contributed by atoms with Gasteiger partial charge in [-0.2, -0.15) is 0 Å². The molecule has 0 heterocycles. The molecule has 0 aromatic rings. The highest BCUT2D eigenvalue weighted by molar-refractivity contribution is 5.94. The highest BCUT2D eigenvalue weighted by Crippen LogP contribution is 2.00. The van der Waals surface area contributed by atoms with Crippen LogP contribution in [0.15, 0.2) is 0 Å². The summed E-state index contributed by atoms with van der Waals surface area (Å²) in [6.07, 6.45) is -0.959. The predicted octanol–water partition coefficient (Wildman–Crippen LogP) is -4.36. The molecule has 0 rings (SSSR count). The van der Waals surface area contributed by atoms with E-state index in [4.69, 9.17) is 22.3 Å². The molecular formula is C14H24N6O7. The second-order valence-electron chi connectivity index (χ2n) is 5.63. The first-order valence-corrected chi connectivity index (χ1v) is 7.87. The molecule has 3 unspecified atom stereocenters. The van der Waals surface area contributed by atoms with Gasteiger partial charge in [-0.25, -0.2) is 4.79 Å². The van der Waals surface area contributed by atoms with Crippen molar-refractivity contribution in [2.75, 3.05) is 6.54 Å². The number of carboxylic acids is 1. The van der Waals surface area contributed by atoms with E-state index in [1.54, 1.807) is 0 Å². The van der Waals surface area contributed by atoms with Crippen molar-refractivity contribution in [2.24, 2.45) is 17.2 Å². The molecule has 27 heavy (non-hydrogen) atoms. The molecular weight excluding hydrogens is 364 g/mol. The zero-order valence-corrected chi connectivity index (χ0v) is 14.7. The zero-order valence-electron chi connectivity index (χ0n) is 14.7. The highest BCUT2D eigenvalue weighted by atomic mass is 16.4. The molecule has 0 radical (unpaired) electrons. The number of hydrogen-bond acceptors (Lipinski definition) is 7. The third-order valence-electron chi connectivity index (χ3n) is 3.29. The number of rotatable bonds is 12. The molecule has 0 aliphatic carbocycles. The number of carbonyl (C=O) groups is 6. The first-order valence-electron chi connectivity index (χ1n) is 7.87. The molecule has 10 N–H and O–H groups in total. The second kappa shape index (κ2) is 11.4. The third kappa shape index (κ3) is 9.74. The molecule has 0 saturated carbocycles. The van der Waals surface area contributed by atoms with Gasteiger partial charge >= 0.3 is 5.97 Å². The van der Waals surface area contributed by atoms with Gasteiger partial charge in [0, 0.05) is 6.42 Å². The van der Waals surface area contributed by atoms with Crippen molar-refractivity contribution >= 4 is 35.5 Å². The first-order chi connectivity index (χ1) is 12.5. The topological polar surface area (TPSA) is 237 Å². The predicted molar refractivity (Wildman–Crippen MR) is 90.4 cm³/mol. The van der Waals surface area contributed by atoms with Gasteiger partial charge < -0.3 is 38.3 Å². The summed E-state index contributed by atoms with van der Waals surface area (Å²) in [5.41, 5.74) is 15.1. The maximum atomic E-state index is 12.2. The van der Waals surface area contributed by atoms with E-state index in [1.165, 1.54) is 6.92 Å². The average molecular weight is 388 g/mol. The smallest absolute Gasteiger partial charge is 0.326 e. The fraction of sp³-hybridized carbons (Fsp3) is 0.571. The lowest BCUT2D eigenvalue weighted by Gasteiger charge is -2.22. The van der Waals surface area contributed by atoms with Crippen molar-refractivity contribution in [1.29, 1.82) is 0 Å². The number of primary amides is 2. The first kappa shape index (κ1) is 23.8. The molecule has 0 fully saturated rings. The Hall–Kier alpha value is -3.22. The minimum atomic E-state index is -1.56. The van der Waals surface area contributed by atoms with E-state index in [2.05, 4.69) is 16.0 Å². The van der Waals surface area contributed by atoms with E-state index in [0.29, 0.717) is 0 Å². The molecule has 152 valence electrons. The van der Waals surface area contributed by atoms with E-state index in [0.717, 1.165) is 0 Å². The quantitative estimate of drug-likeness (QED) is 0.172. The molecule has 0 aliphatic heterocycles. The number of carbonyl (C=O) groups excluding carboxylic acids is 5. The molecule has 13 heteroatoms. The van der Waals surface area contributed by atoms with Crippen molar-refractivity contribution < 1.29 is 33.9 Å². The number of nitrogens with one attached hydrogen (secondary N) is 3. The van der Waals surface area contributed by atoms with Gasteiger partial charge in [0.15, 0.2) is 0 Å². The third-order valence-corrected chi connectivity index (χ3v) is 3.29. The van der Waals surface area contributed by atoms with Crippen molar-refractivity contribution in [2.45, 2.75) is 44.3 Å². The van der Waals surface area contributed by atoms with Gasteiger partial charge in [-0.15, -0.1) is 0 Å². The fourth-order valence-electron chi connectivity index (χ4n) is 1.89. The van der Waals surface area contributed by atoms with Gasteiger partial charge in [-0.05, 0) is 13.3 Å². The number of hydrogen-bond donors (Lipinski definition) is 7. The van der Waals surface area contributed by atoms with Crippen LogP contribution in [0, 0.1) is 0 Å². The van der Waals surface area contributed by atoms with Crippen LogP contribution < -0.4 is 33.2 Å². The second-order valence-corrected chi connectivity index (χ2v) is 5.63. The molecule has 5 amide bonds. The summed E-state index contributed by atoms with van der Waals surface area (Å²) in [5.74, 6) is -5.47. The van der Waals surface area contributed by atoms with Gasteiger partial charge in [0.1, 0.15) is 18.1 Å². The Morgan fingerprint density at radius 3 is 1.93 bits per heavy atom. The van der Waals surface area contributed by atoms with Crippen LogP contribution in [0.4, 0.5) is 0 Å². The highest BCUT2D eigenvalue weighted by Gasteiger charge is 2.28. The number of carboxylic acid groups (broad SMARTS) is 1. The fourth-order valence-corrected chi connectivity index (χ4v) is 1.89. The summed E-state index contributed by atoms with van der Waals surface area (Å²) in [6, 6.07) is -3.94. The van der Waals surface area contributed by atoms with E-state index in [-0.39, 0.29) is 12.8 Å². The zero-order chi connectivity index (χ0) is 21.1. The van der Waals surface area contributed by atoms with Crippen LogP contribution >= 0.6 is 0 Å². The number of aliphatic carboxylic acids is 1. The number of nitrogens with two attached hydrogens (primary N) is 3. The Kier molecular flexibility index (Phi) is 10.0. The lowest BCUT2D eigenvalue weighted by atomic mass is 10.1. The van der Waals surface area contributed by atoms with Crippen LogP contribution in [-0.4, -0.2) is 65.3 Å². The van der Waals surface area contributed by atoms with Crippen LogP contribution in [0.3, 0.4) is 0 Å². The molecule has 0 aromatic carbocycles. The van der Waals surface area contributed by atoms with Gasteiger partial charge in [0.2, 0.25) is 29.5 Å². The summed E-state index contributed by atoms with van der Waals surface area (Å²) in [6.45, 7) is 0.857. The molecule has 0 aromatic heterocycles. The van der Waals surface area contributed by atoms with Gasteiger partial charge in [0.05, 0.1) is 13.0 Å². The molecule has 0 saturated heterocycles. The monoisotopic (exact) mass is 388 g/mol. The molecule has 0 spiro atoms. The van der Waals surface area contributed by atoms with Crippen LogP contribution in [0.1, 0.15) is 26.2 Å². The standard InChI is InChI=1S/C14H24N6O7/c1-6(12(24)20-8(14(26)27)4-10(17)22)18-13(25)7(2-3-9(16)21)19-11(23)5-15/h6-8H,2-5,15H2,1H3,(H2,16,21)(H2,17,22)(H,18,25)(H,19,23)(H,20,24)(H,26,27). The van der Waals surface area contributed by atoms with Gasteiger partial charge in [-0.3, -0.25) is 24.0 Å². The molecule has 0 bridgehead atoms. The minimum Gasteiger partial charge on any atom is -0.480 e. The van der Waals surface area contributed by atoms with Crippen LogP contribution in [0.25, 0.3) is 0 Å². The van der Waals surface area contributed by atoms with Gasteiger partial charge in [0.25, 0.3) is 0 Å². The van der Waals surface area contributed by atoms with Crippen molar-refractivity contribution in [3.63, 3.8) is 0 Å². The lowest BCUT2D eigenvalue weighted by Crippen LogP contribution is -2.55. The normalized spacial score (nSPS) is 13.6. The maximum Gasteiger partial charge on any atom is 0.326 e. The van der Waals surface area contributed by atoms with Gasteiger partial charge in [-0.1, -0.05) is 0 Å². The minimum absolute atomic E-state index is 0.124. The van der Waals surface area contributed by atoms with Crippen LogP contribution in [-0.2, 0) is 28.8 Å². The summed E-state index contributed by atoms with van der Waals surface area (Å²) in [5, 5.41) is 15.6. The Bertz CT molecular complexity index is 609. The van der Waals surface area contributed by atoms with Crippen LogP contribution in [0.5, 0.6) is 0 Å². The summed E-state index contributed by atoms with van der Waals surface area (Å²) in [7, 11) is 0. The van der Waals surface area contributed by atoms with E-state index >= 15 is 0 Å². The van der Waals surface area contributed by atoms with Crippen LogP contribution in [0.2, 0.25) is 0 Å². The Morgan fingerprint density at radius 2 is 1.48 bits per heavy atom. The summed E-state index contributed by atoms with van der Waals surface area (Å²) < 4.78 is 0.